The van der Waals surface area contributed by atoms with Crippen LogP contribution in [-0.2, 0) is 11.3 Å². The first-order valence-electron chi connectivity index (χ1n) is 11.4. The van der Waals surface area contributed by atoms with E-state index in [0.717, 1.165) is 16.8 Å². The Bertz CT molecular complexity index is 1390. The van der Waals surface area contributed by atoms with Crippen molar-refractivity contribution in [2.24, 2.45) is 0 Å². The molecule has 0 spiro atoms. The number of amides is 1. The fraction of sp³-hybridized carbons (Fsp3) is 0.269. The highest BCUT2D eigenvalue weighted by Crippen LogP contribution is 2.31. The van der Waals surface area contributed by atoms with Gasteiger partial charge in [-0.25, -0.2) is 4.98 Å². The standard InChI is InChI=1S/C26H26N4O3S/c1-18-6-8-19(9-7-18)20-16-34-25-24(20)26(33)30(17-27-25)11-10-23(32)29-14-12-28(13-15-29)21-4-2-3-5-22(21)31/h2-9,16-17,31H,10-15H2,1H3. The predicted octanol–water partition coefficient (Wildman–Crippen LogP) is 3.88. The van der Waals surface area contributed by atoms with Gasteiger partial charge in [0.2, 0.25) is 5.91 Å². The van der Waals surface area contributed by atoms with Gasteiger partial charge in [-0.3, -0.25) is 14.2 Å². The minimum Gasteiger partial charge on any atom is -0.506 e. The van der Waals surface area contributed by atoms with E-state index in [2.05, 4.69) is 9.88 Å². The molecular weight excluding hydrogens is 448 g/mol. The topological polar surface area (TPSA) is 78.7 Å². The Labute approximate surface area is 201 Å². The molecule has 1 N–H and O–H groups in total. The molecule has 2 aromatic heterocycles. The van der Waals surface area contributed by atoms with Crippen LogP contribution in [-0.4, -0.2) is 51.6 Å². The summed E-state index contributed by atoms with van der Waals surface area (Å²) >= 11 is 1.46. The molecule has 0 saturated carbocycles. The molecule has 0 unspecified atom stereocenters. The SMILES string of the molecule is Cc1ccc(-c2csc3ncn(CCC(=O)N4CCN(c5ccccc5O)CC4)c(=O)c23)cc1. The van der Waals surface area contributed by atoms with Crippen LogP contribution in [0.1, 0.15) is 12.0 Å². The lowest BCUT2D eigenvalue weighted by Crippen LogP contribution is -2.49. The molecule has 7 nitrogen and oxygen atoms in total. The van der Waals surface area contributed by atoms with Crippen LogP contribution < -0.4 is 10.5 Å². The van der Waals surface area contributed by atoms with Crippen molar-refractivity contribution in [3.63, 3.8) is 0 Å². The van der Waals surface area contributed by atoms with Gasteiger partial charge in [-0.05, 0) is 24.6 Å². The summed E-state index contributed by atoms with van der Waals surface area (Å²) in [6.07, 6.45) is 1.79. The van der Waals surface area contributed by atoms with Gasteiger partial charge >= 0.3 is 0 Å². The third kappa shape index (κ3) is 4.28. The van der Waals surface area contributed by atoms with E-state index in [0.29, 0.717) is 42.9 Å². The fourth-order valence-corrected chi connectivity index (χ4v) is 5.28. The molecule has 0 aliphatic carbocycles. The molecule has 0 radical (unpaired) electrons. The number of rotatable bonds is 5. The Morgan fingerprint density at radius 2 is 1.79 bits per heavy atom. The van der Waals surface area contributed by atoms with Gasteiger partial charge in [0.25, 0.3) is 5.56 Å². The van der Waals surface area contributed by atoms with Gasteiger partial charge in [0.15, 0.2) is 0 Å². The second-order valence-corrected chi connectivity index (χ2v) is 9.40. The predicted molar refractivity (Wildman–Crippen MR) is 136 cm³/mol. The lowest BCUT2D eigenvalue weighted by molar-refractivity contribution is -0.131. The van der Waals surface area contributed by atoms with Gasteiger partial charge in [0.05, 0.1) is 17.4 Å². The number of hydrogen-bond donors (Lipinski definition) is 1. The molecule has 1 fully saturated rings. The van der Waals surface area contributed by atoms with E-state index in [1.165, 1.54) is 16.9 Å². The Balaban J connectivity index is 1.26. The summed E-state index contributed by atoms with van der Waals surface area (Å²) in [4.78, 5) is 35.2. The fourth-order valence-electron chi connectivity index (χ4n) is 4.37. The van der Waals surface area contributed by atoms with Crippen molar-refractivity contribution >= 4 is 33.1 Å². The van der Waals surface area contributed by atoms with Crippen molar-refractivity contribution < 1.29 is 9.90 Å². The van der Waals surface area contributed by atoms with E-state index >= 15 is 0 Å². The maximum Gasteiger partial charge on any atom is 0.262 e. The molecule has 5 rings (SSSR count). The first kappa shape index (κ1) is 22.2. The summed E-state index contributed by atoms with van der Waals surface area (Å²) < 4.78 is 1.54. The molecule has 1 aliphatic heterocycles. The third-order valence-corrected chi connectivity index (χ3v) is 7.23. The number of hydrogen-bond acceptors (Lipinski definition) is 6. The molecule has 0 atom stereocenters. The molecule has 1 saturated heterocycles. The third-order valence-electron chi connectivity index (χ3n) is 6.34. The lowest BCUT2D eigenvalue weighted by atomic mass is 10.1. The zero-order chi connectivity index (χ0) is 23.7. The van der Waals surface area contributed by atoms with Crippen LogP contribution in [0.5, 0.6) is 5.75 Å². The van der Waals surface area contributed by atoms with Gasteiger partial charge in [0.1, 0.15) is 10.6 Å². The van der Waals surface area contributed by atoms with Crippen molar-refractivity contribution in [2.45, 2.75) is 19.9 Å². The molecule has 34 heavy (non-hydrogen) atoms. The number of thiophene rings is 1. The van der Waals surface area contributed by atoms with Gasteiger partial charge < -0.3 is 14.9 Å². The first-order chi connectivity index (χ1) is 16.5. The van der Waals surface area contributed by atoms with Crippen LogP contribution in [0.4, 0.5) is 5.69 Å². The van der Waals surface area contributed by atoms with E-state index in [9.17, 15) is 14.7 Å². The van der Waals surface area contributed by atoms with Gasteiger partial charge in [-0.1, -0.05) is 42.0 Å². The molecule has 4 aromatic rings. The van der Waals surface area contributed by atoms with E-state index in [4.69, 9.17) is 0 Å². The number of carbonyl (C=O) groups is 1. The number of anilines is 1. The van der Waals surface area contributed by atoms with Crippen LogP contribution >= 0.6 is 11.3 Å². The largest absolute Gasteiger partial charge is 0.506 e. The van der Waals surface area contributed by atoms with Crippen molar-refractivity contribution in [3.05, 3.63) is 76.2 Å². The molecule has 3 heterocycles. The molecule has 174 valence electrons. The molecule has 8 heteroatoms. The number of para-hydroxylation sites is 2. The number of nitrogens with zero attached hydrogens (tertiary/aromatic N) is 4. The van der Waals surface area contributed by atoms with Gasteiger partial charge in [-0.2, -0.15) is 0 Å². The van der Waals surface area contributed by atoms with E-state index < -0.39 is 0 Å². The number of benzene rings is 2. The Morgan fingerprint density at radius 1 is 1.06 bits per heavy atom. The van der Waals surface area contributed by atoms with Crippen LogP contribution in [0.2, 0.25) is 0 Å². The number of piperazine rings is 1. The van der Waals surface area contributed by atoms with E-state index in [-0.39, 0.29) is 23.6 Å². The normalized spacial score (nSPS) is 14.0. The number of phenolic OH excluding ortho intramolecular Hbond substituents is 1. The van der Waals surface area contributed by atoms with Crippen molar-refractivity contribution in [2.75, 3.05) is 31.1 Å². The van der Waals surface area contributed by atoms with Crippen LogP contribution in [0.15, 0.2) is 65.0 Å². The summed E-state index contributed by atoms with van der Waals surface area (Å²) in [6, 6.07) is 15.4. The minimum absolute atomic E-state index is 0.0213. The molecule has 1 amide bonds. The van der Waals surface area contributed by atoms with Crippen molar-refractivity contribution in [1.82, 2.24) is 14.5 Å². The summed E-state index contributed by atoms with van der Waals surface area (Å²) in [6.45, 7) is 4.82. The zero-order valence-electron chi connectivity index (χ0n) is 19.0. The monoisotopic (exact) mass is 474 g/mol. The molecule has 0 bridgehead atoms. The molecule has 1 aliphatic rings. The first-order valence-corrected chi connectivity index (χ1v) is 12.2. The van der Waals surface area contributed by atoms with Gasteiger partial charge in [0, 0.05) is 50.1 Å². The Kier molecular flexibility index (Phi) is 6.06. The quantitative estimate of drug-likeness (QED) is 0.475. The molecular formula is C26H26N4O3S. The average molecular weight is 475 g/mol. The smallest absolute Gasteiger partial charge is 0.262 e. The summed E-state index contributed by atoms with van der Waals surface area (Å²) in [7, 11) is 0. The zero-order valence-corrected chi connectivity index (χ0v) is 19.8. The number of aryl methyl sites for hydroxylation is 2. The van der Waals surface area contributed by atoms with Crippen molar-refractivity contribution in [3.8, 4) is 16.9 Å². The average Bonchev–Trinajstić information content (AvgIpc) is 3.29. The highest BCUT2D eigenvalue weighted by Gasteiger charge is 2.23. The highest BCUT2D eigenvalue weighted by molar-refractivity contribution is 7.17. The van der Waals surface area contributed by atoms with Crippen molar-refractivity contribution in [1.29, 1.82) is 0 Å². The Hall–Kier alpha value is -3.65. The number of phenols is 1. The minimum atomic E-state index is -0.112. The van der Waals surface area contributed by atoms with E-state index in [1.807, 2.05) is 53.6 Å². The summed E-state index contributed by atoms with van der Waals surface area (Å²) in [5.74, 6) is 0.274. The maximum absolute atomic E-state index is 13.2. The maximum atomic E-state index is 13.2. The second-order valence-electron chi connectivity index (χ2n) is 8.55. The lowest BCUT2D eigenvalue weighted by Gasteiger charge is -2.36. The van der Waals surface area contributed by atoms with E-state index in [1.54, 1.807) is 23.0 Å². The second kappa shape index (κ2) is 9.30. The Morgan fingerprint density at radius 3 is 2.53 bits per heavy atom. The highest BCUT2D eigenvalue weighted by atomic mass is 32.1. The van der Waals surface area contributed by atoms with Crippen LogP contribution in [0, 0.1) is 6.92 Å². The van der Waals surface area contributed by atoms with Gasteiger partial charge in [-0.15, -0.1) is 11.3 Å². The number of aromatic nitrogens is 2. The number of fused-ring (bicyclic) bond motifs is 1. The summed E-state index contributed by atoms with van der Waals surface area (Å²) in [5, 5.41) is 12.7. The number of aromatic hydroxyl groups is 1. The van der Waals surface area contributed by atoms with Crippen LogP contribution in [0.25, 0.3) is 21.3 Å². The summed E-state index contributed by atoms with van der Waals surface area (Å²) in [5.41, 5.74) is 3.73. The number of carbonyl (C=O) groups excluding carboxylic acids is 1. The van der Waals surface area contributed by atoms with Crippen LogP contribution in [0.3, 0.4) is 0 Å². The molecule has 2 aromatic carbocycles.